The number of allylic oxidation sites excluding steroid dienone is 4. The summed E-state index contributed by atoms with van der Waals surface area (Å²) in [7, 11) is 0. The van der Waals surface area contributed by atoms with Crippen LogP contribution in [0.25, 0.3) is 5.57 Å². The van der Waals surface area contributed by atoms with Crippen molar-refractivity contribution in [2.45, 2.75) is 26.4 Å². The molecule has 0 spiro atoms. The van der Waals surface area contributed by atoms with Gasteiger partial charge in [0.1, 0.15) is 0 Å². The van der Waals surface area contributed by atoms with E-state index in [1.54, 1.807) is 0 Å². The minimum absolute atomic E-state index is 0. The molecule has 1 aromatic carbocycles. The Morgan fingerprint density at radius 2 is 1.78 bits per heavy atom. The summed E-state index contributed by atoms with van der Waals surface area (Å²) in [6.45, 7) is 3.94. The monoisotopic (exact) mass is 318 g/mol. The fourth-order valence-corrected chi connectivity index (χ4v) is 2.07. The van der Waals surface area contributed by atoms with Gasteiger partial charge >= 0.3 is 21.7 Å². The Morgan fingerprint density at radius 1 is 1.17 bits per heavy atom. The van der Waals surface area contributed by atoms with E-state index in [1.807, 2.05) is 25.1 Å². The van der Waals surface area contributed by atoms with E-state index in [4.69, 9.17) is 0 Å². The van der Waals surface area contributed by atoms with E-state index in [0.717, 1.165) is 12.0 Å². The molecule has 1 atom stereocenters. The van der Waals surface area contributed by atoms with E-state index in [9.17, 15) is 5.11 Å². The van der Waals surface area contributed by atoms with Crippen molar-refractivity contribution in [1.82, 2.24) is 0 Å². The van der Waals surface area contributed by atoms with Crippen LogP contribution in [0.1, 0.15) is 37.5 Å². The van der Waals surface area contributed by atoms with Gasteiger partial charge in [-0.25, -0.2) is 0 Å². The van der Waals surface area contributed by atoms with E-state index >= 15 is 0 Å². The van der Waals surface area contributed by atoms with Crippen LogP contribution in [-0.4, -0.2) is 5.11 Å². The van der Waals surface area contributed by atoms with E-state index in [2.05, 4.69) is 25.1 Å². The number of hydrogen-bond acceptors (Lipinski definition) is 1. The number of aliphatic hydroxyl groups excluding tert-OH is 1. The molecule has 0 aliphatic heterocycles. The first kappa shape index (κ1) is 20.3. The molecule has 0 heterocycles. The quantitative estimate of drug-likeness (QED) is 0.597. The maximum atomic E-state index is 9.71. The molecule has 0 radical (unpaired) electrons. The van der Waals surface area contributed by atoms with E-state index in [1.165, 1.54) is 16.7 Å². The Hall–Kier alpha value is -0.0457. The van der Waals surface area contributed by atoms with Gasteiger partial charge in [0.15, 0.2) is 0 Å². The molecule has 1 N–H and O–H groups in total. The summed E-state index contributed by atoms with van der Waals surface area (Å²) < 4.78 is 0. The number of benzene rings is 1. The van der Waals surface area contributed by atoms with Crippen molar-refractivity contribution in [3.8, 4) is 0 Å². The van der Waals surface area contributed by atoms with Crippen molar-refractivity contribution in [3.05, 3.63) is 53.1 Å². The summed E-state index contributed by atoms with van der Waals surface area (Å²) in [6.07, 6.45) is 4.90. The summed E-state index contributed by atoms with van der Waals surface area (Å²) >= 11 is 0. The van der Waals surface area contributed by atoms with E-state index < -0.39 is 6.10 Å². The molecule has 18 heavy (non-hydrogen) atoms. The SMILES string of the molecule is CC1=C(c2ccccc2C(C)O)CC=C1.[Cl-].[Cl-].[Ti+2]. The van der Waals surface area contributed by atoms with Crippen LogP contribution in [0, 0.1) is 0 Å². The van der Waals surface area contributed by atoms with Crippen molar-refractivity contribution in [3.63, 3.8) is 0 Å². The van der Waals surface area contributed by atoms with Crippen LogP contribution < -0.4 is 24.8 Å². The Labute approximate surface area is 136 Å². The molecule has 0 fully saturated rings. The molecule has 1 aliphatic carbocycles. The molecule has 96 valence electrons. The standard InChI is InChI=1S/C14H16O.2ClH.Ti/c1-10-6-5-9-12(10)14-8-4-3-7-13(14)11(2)15;;;/h3-8,11,15H,9H2,1-2H3;2*1H;/q;;;+2/p-2. The van der Waals surface area contributed by atoms with E-state index in [-0.39, 0.29) is 46.5 Å². The van der Waals surface area contributed by atoms with Gasteiger partial charge in [-0.2, -0.15) is 0 Å². The molecule has 0 amide bonds. The van der Waals surface area contributed by atoms with Gasteiger partial charge in [0.2, 0.25) is 0 Å². The van der Waals surface area contributed by atoms with Gasteiger partial charge < -0.3 is 29.9 Å². The second-order valence-corrected chi connectivity index (χ2v) is 4.03. The summed E-state index contributed by atoms with van der Waals surface area (Å²) in [5, 5.41) is 9.71. The van der Waals surface area contributed by atoms with Crippen LogP contribution >= 0.6 is 0 Å². The summed E-state index contributed by atoms with van der Waals surface area (Å²) in [5.74, 6) is 0. The maximum Gasteiger partial charge on any atom is 2.00 e. The van der Waals surface area contributed by atoms with Gasteiger partial charge in [-0.1, -0.05) is 36.4 Å². The first-order chi connectivity index (χ1) is 7.20. The zero-order valence-electron chi connectivity index (χ0n) is 10.5. The average Bonchev–Trinajstić information content (AvgIpc) is 2.64. The van der Waals surface area contributed by atoms with Crippen LogP contribution in [-0.2, 0) is 21.7 Å². The molecule has 1 aromatic rings. The maximum absolute atomic E-state index is 9.71. The van der Waals surface area contributed by atoms with Crippen molar-refractivity contribution in [2.24, 2.45) is 0 Å². The van der Waals surface area contributed by atoms with E-state index in [0.29, 0.717) is 0 Å². The third kappa shape index (κ3) is 4.26. The zero-order chi connectivity index (χ0) is 10.8. The Kier molecular flexibility index (Phi) is 10.1. The fourth-order valence-electron chi connectivity index (χ4n) is 2.07. The number of hydrogen-bond donors (Lipinski definition) is 1. The van der Waals surface area contributed by atoms with Crippen molar-refractivity contribution < 1.29 is 51.6 Å². The summed E-state index contributed by atoms with van der Waals surface area (Å²) in [6, 6.07) is 8.09. The number of halogens is 2. The molecule has 0 saturated heterocycles. The molecule has 0 bridgehead atoms. The fraction of sp³-hybridized carbons (Fsp3) is 0.286. The molecule has 2 rings (SSSR count). The van der Waals surface area contributed by atoms with Gasteiger partial charge in [-0.3, -0.25) is 0 Å². The van der Waals surface area contributed by atoms with Crippen LogP contribution in [0.2, 0.25) is 0 Å². The molecule has 1 aliphatic rings. The van der Waals surface area contributed by atoms with Crippen LogP contribution in [0.3, 0.4) is 0 Å². The topological polar surface area (TPSA) is 20.2 Å². The molecule has 4 heteroatoms. The summed E-state index contributed by atoms with van der Waals surface area (Å²) in [4.78, 5) is 0. The predicted molar refractivity (Wildman–Crippen MR) is 63.4 cm³/mol. The largest absolute Gasteiger partial charge is 2.00 e. The number of aliphatic hydroxyl groups is 1. The molecular weight excluding hydrogens is 303 g/mol. The van der Waals surface area contributed by atoms with Crippen LogP contribution in [0.5, 0.6) is 0 Å². The minimum atomic E-state index is -0.401. The molecule has 0 aromatic heterocycles. The normalized spacial score (nSPS) is 14.4. The second-order valence-electron chi connectivity index (χ2n) is 4.03. The van der Waals surface area contributed by atoms with Gasteiger partial charge in [0.25, 0.3) is 0 Å². The van der Waals surface area contributed by atoms with Gasteiger partial charge in [-0.05, 0) is 42.5 Å². The first-order valence-electron chi connectivity index (χ1n) is 5.34. The second kappa shape index (κ2) is 8.95. The number of rotatable bonds is 2. The van der Waals surface area contributed by atoms with Crippen molar-refractivity contribution >= 4 is 5.57 Å². The molecular formula is C14H16Cl2OTi. The predicted octanol–water partition coefficient (Wildman–Crippen LogP) is -2.52. The smallest absolute Gasteiger partial charge is 1.00 e. The first-order valence-corrected chi connectivity index (χ1v) is 5.34. The Morgan fingerprint density at radius 3 is 2.28 bits per heavy atom. The van der Waals surface area contributed by atoms with Crippen LogP contribution in [0.4, 0.5) is 0 Å². The third-order valence-corrected chi connectivity index (χ3v) is 2.90. The van der Waals surface area contributed by atoms with Gasteiger partial charge in [0.05, 0.1) is 6.10 Å². The average molecular weight is 319 g/mol. The zero-order valence-corrected chi connectivity index (χ0v) is 13.5. The van der Waals surface area contributed by atoms with Crippen LogP contribution in [0.15, 0.2) is 42.0 Å². The van der Waals surface area contributed by atoms with Crippen molar-refractivity contribution in [2.75, 3.05) is 0 Å². The molecule has 1 nitrogen and oxygen atoms in total. The van der Waals surface area contributed by atoms with Crippen molar-refractivity contribution in [1.29, 1.82) is 0 Å². The Balaban J connectivity index is 0. The van der Waals surface area contributed by atoms with Gasteiger partial charge in [0, 0.05) is 0 Å². The summed E-state index contributed by atoms with van der Waals surface area (Å²) in [5.41, 5.74) is 4.86. The minimum Gasteiger partial charge on any atom is -1.00 e. The Bertz CT molecular complexity index is 439. The third-order valence-electron chi connectivity index (χ3n) is 2.90. The van der Waals surface area contributed by atoms with Gasteiger partial charge in [-0.15, -0.1) is 0 Å². The molecule has 0 saturated carbocycles. The molecule has 1 unspecified atom stereocenters.